The van der Waals surface area contributed by atoms with Crippen LogP contribution in [0.1, 0.15) is 51.7 Å². The Hall–Kier alpha value is -0.860. The molecule has 0 aliphatic heterocycles. The summed E-state index contributed by atoms with van der Waals surface area (Å²) in [5.41, 5.74) is 3.04. The highest BCUT2D eigenvalue weighted by molar-refractivity contribution is 5.28. The lowest BCUT2D eigenvalue weighted by molar-refractivity contribution is 0.182. The minimum Gasteiger partial charge on any atom is -0.385 e. The molecule has 20 heavy (non-hydrogen) atoms. The summed E-state index contributed by atoms with van der Waals surface area (Å²) in [6, 6.07) is 9.59. The first-order valence-electron chi connectivity index (χ1n) is 7.79. The zero-order chi connectivity index (χ0) is 15.0. The highest BCUT2D eigenvalue weighted by atomic mass is 16.5. The van der Waals surface area contributed by atoms with Gasteiger partial charge in [0.15, 0.2) is 0 Å². The molecule has 0 radical (unpaired) electrons. The van der Waals surface area contributed by atoms with Crippen LogP contribution in [0.15, 0.2) is 24.3 Å². The zero-order valence-corrected chi connectivity index (χ0v) is 13.8. The van der Waals surface area contributed by atoms with E-state index in [0.717, 1.165) is 26.0 Å². The maximum Gasteiger partial charge on any atom is 0.0477 e. The van der Waals surface area contributed by atoms with Gasteiger partial charge in [-0.05, 0) is 42.3 Å². The number of hydrogen-bond acceptors (Lipinski definition) is 2. The molecule has 2 nitrogen and oxygen atoms in total. The molecule has 1 atom stereocenters. The monoisotopic (exact) mass is 277 g/mol. The molecule has 2 heteroatoms. The van der Waals surface area contributed by atoms with Gasteiger partial charge in [-0.1, -0.05) is 52.0 Å². The van der Waals surface area contributed by atoms with Crippen LogP contribution in [0.5, 0.6) is 0 Å². The topological polar surface area (TPSA) is 21.3 Å². The lowest BCUT2D eigenvalue weighted by atomic mass is 9.86. The largest absolute Gasteiger partial charge is 0.385 e. The fraction of sp³-hybridized carbons (Fsp3) is 0.667. The molecule has 0 saturated carbocycles. The third-order valence-corrected chi connectivity index (χ3v) is 3.66. The summed E-state index contributed by atoms with van der Waals surface area (Å²) in [6.45, 7) is 10.9. The van der Waals surface area contributed by atoms with E-state index in [0.29, 0.717) is 6.04 Å². The van der Waals surface area contributed by atoms with E-state index in [1.807, 2.05) is 0 Å². The molecule has 0 bridgehead atoms. The van der Waals surface area contributed by atoms with Crippen molar-refractivity contribution < 1.29 is 4.74 Å². The summed E-state index contributed by atoms with van der Waals surface area (Å²) in [5.74, 6) is 0. The Labute approximate surface area is 124 Å². The van der Waals surface area contributed by atoms with E-state index in [9.17, 15) is 0 Å². The Balaban J connectivity index is 2.62. The SMILES string of the molecule is CCCNC(CCOC)Cc1ccc(C(C)(C)C)cc1. The fourth-order valence-electron chi connectivity index (χ4n) is 2.31. The van der Waals surface area contributed by atoms with Gasteiger partial charge in [-0.15, -0.1) is 0 Å². The average Bonchev–Trinajstić information content (AvgIpc) is 2.41. The van der Waals surface area contributed by atoms with Gasteiger partial charge in [-0.2, -0.15) is 0 Å². The summed E-state index contributed by atoms with van der Waals surface area (Å²) < 4.78 is 5.21. The smallest absolute Gasteiger partial charge is 0.0477 e. The van der Waals surface area contributed by atoms with Gasteiger partial charge in [-0.3, -0.25) is 0 Å². The molecule has 0 aliphatic carbocycles. The zero-order valence-electron chi connectivity index (χ0n) is 13.8. The molecule has 0 spiro atoms. The first-order chi connectivity index (χ1) is 9.47. The van der Waals surface area contributed by atoms with Crippen LogP contribution in [0.4, 0.5) is 0 Å². The molecule has 0 aliphatic rings. The van der Waals surface area contributed by atoms with Gasteiger partial charge in [-0.25, -0.2) is 0 Å². The van der Waals surface area contributed by atoms with Crippen molar-refractivity contribution in [2.24, 2.45) is 0 Å². The van der Waals surface area contributed by atoms with Crippen LogP contribution >= 0.6 is 0 Å². The van der Waals surface area contributed by atoms with E-state index >= 15 is 0 Å². The number of nitrogens with one attached hydrogen (secondary N) is 1. The maximum atomic E-state index is 5.21. The summed E-state index contributed by atoms with van der Waals surface area (Å²) in [4.78, 5) is 0. The second kappa shape index (κ2) is 8.43. The van der Waals surface area contributed by atoms with E-state index in [2.05, 4.69) is 57.3 Å². The van der Waals surface area contributed by atoms with Crippen molar-refractivity contribution >= 4 is 0 Å². The summed E-state index contributed by atoms with van der Waals surface area (Å²) in [6.07, 6.45) is 3.32. The van der Waals surface area contributed by atoms with E-state index in [1.54, 1.807) is 7.11 Å². The highest BCUT2D eigenvalue weighted by Crippen LogP contribution is 2.22. The second-order valence-electron chi connectivity index (χ2n) is 6.58. The molecule has 0 heterocycles. The fourth-order valence-corrected chi connectivity index (χ4v) is 2.31. The van der Waals surface area contributed by atoms with Gasteiger partial charge in [0, 0.05) is 19.8 Å². The van der Waals surface area contributed by atoms with Crippen molar-refractivity contribution in [1.29, 1.82) is 0 Å². The van der Waals surface area contributed by atoms with Gasteiger partial charge < -0.3 is 10.1 Å². The number of hydrogen-bond donors (Lipinski definition) is 1. The maximum absolute atomic E-state index is 5.21. The van der Waals surface area contributed by atoms with Crippen molar-refractivity contribution in [3.8, 4) is 0 Å². The number of methoxy groups -OCH3 is 1. The number of benzene rings is 1. The summed E-state index contributed by atoms with van der Waals surface area (Å²) >= 11 is 0. The van der Waals surface area contributed by atoms with Crippen LogP contribution in [0.3, 0.4) is 0 Å². The third-order valence-electron chi connectivity index (χ3n) is 3.66. The van der Waals surface area contributed by atoms with Gasteiger partial charge in [0.1, 0.15) is 0 Å². The summed E-state index contributed by atoms with van der Waals surface area (Å²) in [7, 11) is 1.77. The van der Waals surface area contributed by atoms with E-state index in [4.69, 9.17) is 4.74 Å². The lowest BCUT2D eigenvalue weighted by Crippen LogP contribution is -2.32. The van der Waals surface area contributed by atoms with E-state index < -0.39 is 0 Å². The Kier molecular flexibility index (Phi) is 7.25. The molecule has 1 unspecified atom stereocenters. The molecule has 1 N–H and O–H groups in total. The van der Waals surface area contributed by atoms with Crippen LogP contribution in [0.25, 0.3) is 0 Å². The molecule has 0 aromatic heterocycles. The normalized spacial score (nSPS) is 13.4. The minimum absolute atomic E-state index is 0.231. The lowest BCUT2D eigenvalue weighted by Gasteiger charge is -2.21. The van der Waals surface area contributed by atoms with Crippen LogP contribution < -0.4 is 5.32 Å². The molecule has 0 saturated heterocycles. The molecule has 1 aromatic carbocycles. The second-order valence-corrected chi connectivity index (χ2v) is 6.58. The van der Waals surface area contributed by atoms with E-state index in [1.165, 1.54) is 17.5 Å². The summed E-state index contributed by atoms with van der Waals surface area (Å²) in [5, 5.41) is 3.62. The van der Waals surface area contributed by atoms with Gasteiger partial charge in [0.25, 0.3) is 0 Å². The highest BCUT2D eigenvalue weighted by Gasteiger charge is 2.14. The molecule has 1 rings (SSSR count). The van der Waals surface area contributed by atoms with Crippen molar-refractivity contribution in [3.63, 3.8) is 0 Å². The predicted octanol–water partition coefficient (Wildman–Crippen LogP) is 3.93. The van der Waals surface area contributed by atoms with Crippen LogP contribution in [0, 0.1) is 0 Å². The standard InChI is InChI=1S/C18H31NO/c1-6-12-19-17(11-13-20-5)14-15-7-9-16(10-8-15)18(2,3)4/h7-10,17,19H,6,11-14H2,1-5H3. The Morgan fingerprint density at radius 3 is 2.30 bits per heavy atom. The van der Waals surface area contributed by atoms with Crippen LogP contribution in [-0.4, -0.2) is 26.3 Å². The molecular formula is C18H31NO. The molecule has 114 valence electrons. The molecule has 1 aromatic rings. The van der Waals surface area contributed by atoms with Crippen LogP contribution in [-0.2, 0) is 16.6 Å². The van der Waals surface area contributed by atoms with Gasteiger partial charge >= 0.3 is 0 Å². The number of ether oxygens (including phenoxy) is 1. The predicted molar refractivity (Wildman–Crippen MR) is 87.4 cm³/mol. The van der Waals surface area contributed by atoms with Crippen LogP contribution in [0.2, 0.25) is 0 Å². The minimum atomic E-state index is 0.231. The van der Waals surface area contributed by atoms with Crippen molar-refractivity contribution in [2.75, 3.05) is 20.3 Å². The average molecular weight is 277 g/mol. The van der Waals surface area contributed by atoms with Crippen molar-refractivity contribution in [3.05, 3.63) is 35.4 Å². The van der Waals surface area contributed by atoms with Crippen molar-refractivity contribution in [2.45, 2.75) is 58.4 Å². The van der Waals surface area contributed by atoms with Gasteiger partial charge in [0.2, 0.25) is 0 Å². The molecule has 0 amide bonds. The quantitative estimate of drug-likeness (QED) is 0.777. The third kappa shape index (κ3) is 6.06. The first kappa shape index (κ1) is 17.2. The van der Waals surface area contributed by atoms with Gasteiger partial charge in [0.05, 0.1) is 0 Å². The molecule has 0 fully saturated rings. The number of rotatable bonds is 8. The molecular weight excluding hydrogens is 246 g/mol. The Morgan fingerprint density at radius 1 is 1.15 bits per heavy atom. The van der Waals surface area contributed by atoms with E-state index in [-0.39, 0.29) is 5.41 Å². The first-order valence-corrected chi connectivity index (χ1v) is 7.79. The Morgan fingerprint density at radius 2 is 1.80 bits per heavy atom. The Bertz CT molecular complexity index is 356. The van der Waals surface area contributed by atoms with Crippen molar-refractivity contribution in [1.82, 2.24) is 5.32 Å².